The van der Waals surface area contributed by atoms with Crippen LogP contribution in [0.2, 0.25) is 0 Å². The number of carbonyl (C=O) groups is 2. The third-order valence-corrected chi connectivity index (χ3v) is 6.50. The standard InChI is InChI=1S/C15H17N5O4S2/c1-11(21)19-5-7-20(8-6-19)26(23,24)13-4-2-3-12(9-13)14(22)17-15-18-16-10-25-15/h2-4,9-10H,5-8H2,1H3,(H,17,18,22). The van der Waals surface area contributed by atoms with Gasteiger partial charge in [0.1, 0.15) is 5.51 Å². The van der Waals surface area contributed by atoms with Crippen LogP contribution in [0, 0.1) is 0 Å². The van der Waals surface area contributed by atoms with Crippen LogP contribution in [0.25, 0.3) is 0 Å². The molecule has 0 aliphatic carbocycles. The van der Waals surface area contributed by atoms with Crippen LogP contribution in [-0.4, -0.2) is 65.8 Å². The first-order chi connectivity index (χ1) is 12.4. The number of hydrogen-bond acceptors (Lipinski definition) is 7. The van der Waals surface area contributed by atoms with Crippen LogP contribution in [0.3, 0.4) is 0 Å². The highest BCUT2D eigenvalue weighted by Crippen LogP contribution is 2.20. The van der Waals surface area contributed by atoms with Crippen LogP contribution in [0.4, 0.5) is 5.13 Å². The lowest BCUT2D eigenvalue weighted by Gasteiger charge is -2.33. The van der Waals surface area contributed by atoms with E-state index < -0.39 is 15.9 Å². The monoisotopic (exact) mass is 395 g/mol. The fourth-order valence-electron chi connectivity index (χ4n) is 2.59. The Kier molecular flexibility index (Phi) is 5.30. The Morgan fingerprint density at radius 2 is 1.92 bits per heavy atom. The Labute approximate surface area is 154 Å². The summed E-state index contributed by atoms with van der Waals surface area (Å²) in [6.07, 6.45) is 0. The average molecular weight is 395 g/mol. The van der Waals surface area contributed by atoms with E-state index in [1.54, 1.807) is 4.90 Å². The van der Waals surface area contributed by atoms with E-state index in [-0.39, 0.29) is 29.5 Å². The van der Waals surface area contributed by atoms with E-state index in [1.807, 2.05) is 0 Å². The second-order valence-corrected chi connectivity index (χ2v) is 8.41. The number of hydrogen-bond donors (Lipinski definition) is 1. The van der Waals surface area contributed by atoms with Crippen molar-refractivity contribution >= 4 is 38.3 Å². The van der Waals surface area contributed by atoms with E-state index >= 15 is 0 Å². The van der Waals surface area contributed by atoms with Crippen molar-refractivity contribution in [3.8, 4) is 0 Å². The Hall–Kier alpha value is -2.37. The number of nitrogens with zero attached hydrogens (tertiary/aromatic N) is 4. The molecule has 26 heavy (non-hydrogen) atoms. The minimum absolute atomic E-state index is 0.0405. The highest BCUT2D eigenvalue weighted by molar-refractivity contribution is 7.89. The van der Waals surface area contributed by atoms with E-state index in [2.05, 4.69) is 15.5 Å². The SMILES string of the molecule is CC(=O)N1CCN(S(=O)(=O)c2cccc(C(=O)Nc3nncs3)c2)CC1. The Bertz CT molecular complexity index is 906. The summed E-state index contributed by atoms with van der Waals surface area (Å²) in [4.78, 5) is 25.3. The summed E-state index contributed by atoms with van der Waals surface area (Å²) in [5.74, 6) is -0.530. The number of piperazine rings is 1. The number of amides is 2. The van der Waals surface area contributed by atoms with Gasteiger partial charge in [0, 0.05) is 38.7 Å². The summed E-state index contributed by atoms with van der Waals surface area (Å²) in [6, 6.07) is 5.84. The first-order valence-electron chi connectivity index (χ1n) is 7.81. The first kappa shape index (κ1) is 18.4. The van der Waals surface area contributed by atoms with E-state index in [0.717, 1.165) is 0 Å². The lowest BCUT2D eigenvalue weighted by Crippen LogP contribution is -2.49. The Morgan fingerprint density at radius 1 is 1.19 bits per heavy atom. The second-order valence-electron chi connectivity index (χ2n) is 5.64. The highest BCUT2D eigenvalue weighted by Gasteiger charge is 2.29. The molecule has 1 aliphatic heterocycles. The quantitative estimate of drug-likeness (QED) is 0.813. The smallest absolute Gasteiger partial charge is 0.257 e. The van der Waals surface area contributed by atoms with Crippen molar-refractivity contribution in [3.05, 3.63) is 35.3 Å². The summed E-state index contributed by atoms with van der Waals surface area (Å²) in [6.45, 7) is 2.62. The van der Waals surface area contributed by atoms with E-state index in [0.29, 0.717) is 18.2 Å². The average Bonchev–Trinajstić information content (AvgIpc) is 3.15. The van der Waals surface area contributed by atoms with E-state index in [4.69, 9.17) is 0 Å². The topological polar surface area (TPSA) is 113 Å². The predicted octanol–water partition coefficient (Wildman–Crippen LogP) is 0.643. The second kappa shape index (κ2) is 7.48. The Balaban J connectivity index is 1.76. The van der Waals surface area contributed by atoms with Gasteiger partial charge in [0.2, 0.25) is 21.1 Å². The molecule has 1 aromatic carbocycles. The van der Waals surface area contributed by atoms with Gasteiger partial charge in [0.05, 0.1) is 4.90 Å². The van der Waals surface area contributed by atoms with Gasteiger partial charge < -0.3 is 4.90 Å². The molecule has 1 N–H and O–H groups in total. The normalized spacial score (nSPS) is 15.7. The number of aromatic nitrogens is 2. The van der Waals surface area contributed by atoms with Crippen molar-refractivity contribution in [2.75, 3.05) is 31.5 Å². The molecule has 1 aliphatic rings. The van der Waals surface area contributed by atoms with Crippen molar-refractivity contribution < 1.29 is 18.0 Å². The molecule has 9 nitrogen and oxygen atoms in total. The van der Waals surface area contributed by atoms with Crippen molar-refractivity contribution in [2.24, 2.45) is 0 Å². The molecule has 0 atom stereocenters. The van der Waals surface area contributed by atoms with Crippen molar-refractivity contribution in [1.82, 2.24) is 19.4 Å². The van der Waals surface area contributed by atoms with Crippen molar-refractivity contribution in [3.63, 3.8) is 0 Å². The maximum absolute atomic E-state index is 12.8. The third kappa shape index (κ3) is 3.89. The first-order valence-corrected chi connectivity index (χ1v) is 10.1. The van der Waals surface area contributed by atoms with Gasteiger partial charge in [-0.3, -0.25) is 14.9 Å². The molecule has 1 saturated heterocycles. The largest absolute Gasteiger partial charge is 0.340 e. The summed E-state index contributed by atoms with van der Waals surface area (Å²) >= 11 is 1.17. The number of nitrogens with one attached hydrogen (secondary N) is 1. The number of sulfonamides is 1. The maximum atomic E-state index is 12.8. The summed E-state index contributed by atoms with van der Waals surface area (Å²) < 4.78 is 27.0. The van der Waals surface area contributed by atoms with Gasteiger partial charge in [-0.2, -0.15) is 4.31 Å². The van der Waals surface area contributed by atoms with Crippen LogP contribution in [0.5, 0.6) is 0 Å². The molecule has 0 spiro atoms. The van der Waals surface area contributed by atoms with Gasteiger partial charge in [-0.1, -0.05) is 17.4 Å². The fourth-order valence-corrected chi connectivity index (χ4v) is 4.50. The van der Waals surface area contributed by atoms with Gasteiger partial charge in [0.15, 0.2) is 0 Å². The highest BCUT2D eigenvalue weighted by atomic mass is 32.2. The van der Waals surface area contributed by atoms with Crippen LogP contribution < -0.4 is 5.32 Å². The zero-order valence-corrected chi connectivity index (χ0v) is 15.6. The molecule has 11 heteroatoms. The summed E-state index contributed by atoms with van der Waals surface area (Å²) in [5.41, 5.74) is 1.70. The molecule has 3 rings (SSSR count). The number of carbonyl (C=O) groups excluding carboxylic acids is 2. The zero-order valence-electron chi connectivity index (χ0n) is 14.0. The van der Waals surface area contributed by atoms with Gasteiger partial charge in [-0.05, 0) is 18.2 Å². The van der Waals surface area contributed by atoms with Crippen molar-refractivity contribution in [1.29, 1.82) is 0 Å². The molecule has 0 unspecified atom stereocenters. The molecule has 0 radical (unpaired) electrons. The van der Waals surface area contributed by atoms with Gasteiger partial charge in [-0.25, -0.2) is 8.42 Å². The minimum Gasteiger partial charge on any atom is -0.340 e. The molecule has 2 heterocycles. The van der Waals surface area contributed by atoms with Crippen LogP contribution >= 0.6 is 11.3 Å². The Morgan fingerprint density at radius 3 is 2.54 bits per heavy atom. The van der Waals surface area contributed by atoms with Crippen LogP contribution in [0.15, 0.2) is 34.7 Å². The molecule has 0 bridgehead atoms. The van der Waals surface area contributed by atoms with E-state index in [1.165, 1.54) is 52.3 Å². The fraction of sp³-hybridized carbons (Fsp3) is 0.333. The van der Waals surface area contributed by atoms with Crippen LogP contribution in [-0.2, 0) is 14.8 Å². The van der Waals surface area contributed by atoms with E-state index in [9.17, 15) is 18.0 Å². The number of benzene rings is 1. The molecule has 2 aromatic rings. The molecule has 2 amide bonds. The summed E-state index contributed by atoms with van der Waals surface area (Å²) in [7, 11) is -3.74. The zero-order chi connectivity index (χ0) is 18.7. The van der Waals surface area contributed by atoms with Crippen LogP contribution in [0.1, 0.15) is 17.3 Å². The molecule has 0 saturated carbocycles. The van der Waals surface area contributed by atoms with Gasteiger partial charge >= 0.3 is 0 Å². The lowest BCUT2D eigenvalue weighted by molar-refractivity contribution is -0.129. The predicted molar refractivity (Wildman–Crippen MR) is 95.3 cm³/mol. The molecule has 138 valence electrons. The number of rotatable bonds is 4. The van der Waals surface area contributed by atoms with Gasteiger partial charge in [-0.15, -0.1) is 10.2 Å². The molecule has 1 aromatic heterocycles. The van der Waals surface area contributed by atoms with Crippen molar-refractivity contribution in [2.45, 2.75) is 11.8 Å². The summed E-state index contributed by atoms with van der Waals surface area (Å²) in [5, 5.41) is 10.3. The molecular weight excluding hydrogens is 378 g/mol. The molecular formula is C15H17N5O4S2. The minimum atomic E-state index is -3.74. The van der Waals surface area contributed by atoms with Gasteiger partial charge in [0.25, 0.3) is 5.91 Å². The molecule has 1 fully saturated rings. The third-order valence-electron chi connectivity index (χ3n) is 4.00. The lowest BCUT2D eigenvalue weighted by atomic mass is 10.2. The maximum Gasteiger partial charge on any atom is 0.257 e. The number of anilines is 1.